The van der Waals surface area contributed by atoms with E-state index in [0.29, 0.717) is 6.42 Å². The normalized spacial score (nSPS) is 15.5. The highest BCUT2D eigenvalue weighted by Gasteiger charge is 2.31. The molecule has 0 aromatic rings. The minimum absolute atomic E-state index is 0.0496. The summed E-state index contributed by atoms with van der Waals surface area (Å²) in [6, 6.07) is -0.364. The van der Waals surface area contributed by atoms with Crippen LogP contribution in [0.25, 0.3) is 0 Å². The van der Waals surface area contributed by atoms with Crippen molar-refractivity contribution in [2.45, 2.75) is 38.5 Å². The van der Waals surface area contributed by atoms with Gasteiger partial charge in [-0.3, -0.25) is 4.79 Å². The van der Waals surface area contributed by atoms with E-state index in [1.807, 2.05) is 13.8 Å². The van der Waals surface area contributed by atoms with Gasteiger partial charge in [0, 0.05) is 26.7 Å². The first kappa shape index (κ1) is 17.3. The summed E-state index contributed by atoms with van der Waals surface area (Å²) in [5.41, 5.74) is 0. The summed E-state index contributed by atoms with van der Waals surface area (Å²) in [7, 11) is -0.692. The molecule has 0 fully saturated rings. The van der Waals surface area contributed by atoms with E-state index in [2.05, 4.69) is 4.72 Å². The lowest BCUT2D eigenvalue weighted by molar-refractivity contribution is -0.127. The minimum Gasteiger partial charge on any atom is -0.396 e. The van der Waals surface area contributed by atoms with Gasteiger partial charge in [0.1, 0.15) is 0 Å². The Balaban J connectivity index is 4.88. The Hall–Kier alpha value is -0.660. The van der Waals surface area contributed by atoms with Gasteiger partial charge in [0.15, 0.2) is 5.25 Å². The van der Waals surface area contributed by atoms with Crippen LogP contribution in [0.15, 0.2) is 0 Å². The molecule has 0 aliphatic heterocycles. The maximum absolute atomic E-state index is 12.0. The molecule has 2 unspecified atom stereocenters. The number of nitrogens with one attached hydrogen (secondary N) is 1. The zero-order valence-electron chi connectivity index (χ0n) is 11.7. The van der Waals surface area contributed by atoms with Crippen LogP contribution in [0, 0.1) is 5.92 Å². The third-order valence-corrected chi connectivity index (χ3v) is 4.58. The molecule has 0 aliphatic rings. The molecule has 0 aromatic carbocycles. The molecule has 2 N–H and O–H groups in total. The smallest absolute Gasteiger partial charge is 0.241 e. The number of hydrogen-bond donors (Lipinski definition) is 2. The van der Waals surface area contributed by atoms with Crippen molar-refractivity contribution in [3.63, 3.8) is 0 Å². The monoisotopic (exact) mass is 280 g/mol. The van der Waals surface area contributed by atoms with Crippen LogP contribution in [-0.2, 0) is 14.8 Å². The lowest BCUT2D eigenvalue weighted by Crippen LogP contribution is -2.48. The van der Waals surface area contributed by atoms with Crippen molar-refractivity contribution in [1.82, 2.24) is 9.62 Å². The molecule has 0 saturated carbocycles. The van der Waals surface area contributed by atoms with Crippen LogP contribution in [0.3, 0.4) is 0 Å². The van der Waals surface area contributed by atoms with Crippen LogP contribution in [0.1, 0.15) is 27.2 Å². The number of carbonyl (C=O) groups excluding carboxylic acids is 1. The fourth-order valence-electron chi connectivity index (χ4n) is 1.48. The van der Waals surface area contributed by atoms with Crippen molar-refractivity contribution in [2.24, 2.45) is 5.92 Å². The molecule has 0 bridgehead atoms. The van der Waals surface area contributed by atoms with Gasteiger partial charge in [0.05, 0.1) is 0 Å². The third kappa shape index (κ3) is 4.91. The second kappa shape index (κ2) is 7.06. The van der Waals surface area contributed by atoms with Crippen LogP contribution in [-0.4, -0.2) is 56.3 Å². The Morgan fingerprint density at radius 1 is 1.28 bits per heavy atom. The van der Waals surface area contributed by atoms with Crippen LogP contribution in [0.2, 0.25) is 0 Å². The molecule has 2 atom stereocenters. The highest BCUT2D eigenvalue weighted by Crippen LogP contribution is 2.10. The molecule has 7 heteroatoms. The number of sulfonamides is 1. The lowest BCUT2D eigenvalue weighted by atomic mass is 10.0. The van der Waals surface area contributed by atoms with E-state index in [-0.39, 0.29) is 18.6 Å². The molecule has 108 valence electrons. The van der Waals surface area contributed by atoms with E-state index < -0.39 is 21.2 Å². The lowest BCUT2D eigenvalue weighted by Gasteiger charge is -2.24. The zero-order valence-corrected chi connectivity index (χ0v) is 12.5. The quantitative estimate of drug-likeness (QED) is 0.675. The summed E-state index contributed by atoms with van der Waals surface area (Å²) < 4.78 is 26.5. The summed E-state index contributed by atoms with van der Waals surface area (Å²) in [5, 5.41) is 7.78. The number of amides is 1. The fourth-order valence-corrected chi connectivity index (χ4v) is 2.97. The van der Waals surface area contributed by atoms with Gasteiger partial charge in [-0.2, -0.15) is 0 Å². The average molecular weight is 280 g/mol. The number of aliphatic hydroxyl groups excluding tert-OH is 1. The van der Waals surface area contributed by atoms with Crippen molar-refractivity contribution in [1.29, 1.82) is 0 Å². The molecule has 1 amide bonds. The van der Waals surface area contributed by atoms with E-state index in [1.165, 1.54) is 25.9 Å². The van der Waals surface area contributed by atoms with Gasteiger partial charge in [-0.1, -0.05) is 13.8 Å². The van der Waals surface area contributed by atoms with Gasteiger partial charge < -0.3 is 10.0 Å². The van der Waals surface area contributed by atoms with E-state index in [1.54, 1.807) is 0 Å². The summed E-state index contributed by atoms with van der Waals surface area (Å²) >= 11 is 0. The van der Waals surface area contributed by atoms with Gasteiger partial charge in [-0.05, 0) is 19.3 Å². The maximum atomic E-state index is 12.0. The fraction of sp³-hybridized carbons (Fsp3) is 0.909. The molecule has 0 heterocycles. The van der Waals surface area contributed by atoms with Crippen molar-refractivity contribution < 1.29 is 18.3 Å². The Morgan fingerprint density at radius 3 is 2.11 bits per heavy atom. The standard InChI is InChI=1S/C11H24N2O4S/c1-8(2)10(6-7-14)12-18(16,17)9(3)11(15)13(4)5/h8-10,12,14H,6-7H2,1-5H3. The van der Waals surface area contributed by atoms with Crippen molar-refractivity contribution in [2.75, 3.05) is 20.7 Å². The highest BCUT2D eigenvalue weighted by atomic mass is 32.2. The summed E-state index contributed by atoms with van der Waals surface area (Å²) in [6.45, 7) is 4.99. The predicted octanol–water partition coefficient (Wildman–Crippen LogP) is -0.210. The van der Waals surface area contributed by atoms with Crippen molar-refractivity contribution in [3.8, 4) is 0 Å². The highest BCUT2D eigenvalue weighted by molar-refractivity contribution is 7.90. The number of nitrogens with zero attached hydrogens (tertiary/aromatic N) is 1. The molecule has 0 aromatic heterocycles. The molecule has 18 heavy (non-hydrogen) atoms. The Bertz CT molecular complexity index is 365. The molecule has 0 spiro atoms. The minimum atomic E-state index is -3.72. The van der Waals surface area contributed by atoms with Crippen molar-refractivity contribution >= 4 is 15.9 Å². The number of rotatable bonds is 7. The number of carbonyl (C=O) groups is 1. The second-order valence-electron chi connectivity index (χ2n) is 4.90. The van der Waals surface area contributed by atoms with E-state index >= 15 is 0 Å². The molecule has 0 saturated heterocycles. The molecule has 0 rings (SSSR count). The summed E-state index contributed by atoms with van der Waals surface area (Å²) in [4.78, 5) is 12.9. The van der Waals surface area contributed by atoms with Crippen LogP contribution in [0.4, 0.5) is 0 Å². The van der Waals surface area contributed by atoms with Gasteiger partial charge in [0.2, 0.25) is 15.9 Å². The first-order chi connectivity index (χ1) is 8.13. The Labute approximate surface area is 109 Å². The first-order valence-corrected chi connectivity index (χ1v) is 7.51. The topological polar surface area (TPSA) is 86.7 Å². The van der Waals surface area contributed by atoms with E-state index in [0.717, 1.165) is 0 Å². The van der Waals surface area contributed by atoms with Gasteiger partial charge in [-0.25, -0.2) is 13.1 Å². The SMILES string of the molecule is CC(C)C(CCO)NS(=O)(=O)C(C)C(=O)N(C)C. The average Bonchev–Trinajstić information content (AvgIpc) is 2.25. The van der Waals surface area contributed by atoms with E-state index in [4.69, 9.17) is 5.11 Å². The largest absolute Gasteiger partial charge is 0.396 e. The van der Waals surface area contributed by atoms with Crippen LogP contribution >= 0.6 is 0 Å². The first-order valence-electron chi connectivity index (χ1n) is 5.96. The molecule has 0 aliphatic carbocycles. The van der Waals surface area contributed by atoms with E-state index in [9.17, 15) is 13.2 Å². The van der Waals surface area contributed by atoms with Gasteiger partial charge in [0.25, 0.3) is 0 Å². The molecule has 0 radical (unpaired) electrons. The number of aliphatic hydroxyl groups is 1. The third-order valence-electron chi connectivity index (χ3n) is 2.81. The molecule has 6 nitrogen and oxygen atoms in total. The Kier molecular flexibility index (Phi) is 6.80. The second-order valence-corrected chi connectivity index (χ2v) is 6.93. The molecular formula is C11H24N2O4S. The van der Waals surface area contributed by atoms with Crippen molar-refractivity contribution in [3.05, 3.63) is 0 Å². The van der Waals surface area contributed by atoms with Gasteiger partial charge >= 0.3 is 0 Å². The van der Waals surface area contributed by atoms with Crippen LogP contribution in [0.5, 0.6) is 0 Å². The Morgan fingerprint density at radius 2 is 1.78 bits per heavy atom. The summed E-state index contributed by atoms with van der Waals surface area (Å²) in [6.07, 6.45) is 0.333. The summed E-state index contributed by atoms with van der Waals surface area (Å²) in [5.74, 6) is -0.414. The maximum Gasteiger partial charge on any atom is 0.241 e. The van der Waals surface area contributed by atoms with Gasteiger partial charge in [-0.15, -0.1) is 0 Å². The van der Waals surface area contributed by atoms with Crippen LogP contribution < -0.4 is 4.72 Å². The number of hydrogen-bond acceptors (Lipinski definition) is 4. The zero-order chi connectivity index (χ0) is 14.5. The molecular weight excluding hydrogens is 256 g/mol. The predicted molar refractivity (Wildman–Crippen MR) is 70.5 cm³/mol.